The molecule has 0 spiro atoms. The van der Waals surface area contributed by atoms with Gasteiger partial charge in [0.2, 0.25) is 23.4 Å². The Morgan fingerprint density at radius 3 is 2.17 bits per heavy atom. The normalized spacial score (nSPS) is 11.1. The van der Waals surface area contributed by atoms with Gasteiger partial charge in [-0.1, -0.05) is 52.8 Å². The second kappa shape index (κ2) is 8.36. The molecule has 0 N–H and O–H groups in total. The minimum Gasteiger partial charge on any atom is -0.376 e. The van der Waals surface area contributed by atoms with E-state index in [9.17, 15) is 0 Å². The molecule has 0 amide bonds. The van der Waals surface area contributed by atoms with Crippen molar-refractivity contribution in [2.75, 3.05) is 6.61 Å². The lowest BCUT2D eigenvalue weighted by Gasteiger charge is -2.09. The fourth-order valence-electron chi connectivity index (χ4n) is 3.19. The fourth-order valence-corrected chi connectivity index (χ4v) is 3.19. The number of benzene rings is 2. The van der Waals surface area contributed by atoms with Crippen LogP contribution in [0.1, 0.15) is 28.5 Å². The average molecular weight is 390 g/mol. The first-order chi connectivity index (χ1) is 14.1. The number of hydrogen-bond acceptors (Lipinski definition) is 7. The van der Waals surface area contributed by atoms with E-state index in [1.54, 1.807) is 13.8 Å². The van der Waals surface area contributed by atoms with Crippen molar-refractivity contribution in [3.63, 3.8) is 0 Å². The average Bonchev–Trinajstić information content (AvgIpc) is 3.34. The van der Waals surface area contributed by atoms with Gasteiger partial charge in [-0.3, -0.25) is 0 Å². The minimum absolute atomic E-state index is 0.489. The molecule has 2 aromatic carbocycles. The van der Waals surface area contributed by atoms with Crippen molar-refractivity contribution in [2.24, 2.45) is 0 Å². The van der Waals surface area contributed by atoms with E-state index in [0.29, 0.717) is 36.6 Å². The minimum atomic E-state index is 0.489. The van der Waals surface area contributed by atoms with Crippen molar-refractivity contribution in [3.05, 3.63) is 70.9 Å². The number of rotatable bonds is 7. The fraction of sp³-hybridized carbons (Fsp3) is 0.273. The van der Waals surface area contributed by atoms with Gasteiger partial charge in [0, 0.05) is 25.0 Å². The highest BCUT2D eigenvalue weighted by molar-refractivity contribution is 5.60. The Morgan fingerprint density at radius 2 is 1.52 bits per heavy atom. The largest absolute Gasteiger partial charge is 0.376 e. The highest BCUT2D eigenvalue weighted by Crippen LogP contribution is 2.23. The van der Waals surface area contributed by atoms with Crippen LogP contribution >= 0.6 is 0 Å². The molecule has 4 aromatic rings. The van der Waals surface area contributed by atoms with E-state index in [2.05, 4.69) is 39.3 Å². The molecule has 2 heterocycles. The third-order valence-electron chi connectivity index (χ3n) is 4.64. The van der Waals surface area contributed by atoms with Gasteiger partial charge in [-0.15, -0.1) is 0 Å². The maximum Gasteiger partial charge on any atom is 0.223 e. The van der Waals surface area contributed by atoms with Gasteiger partial charge in [0.05, 0.1) is 13.2 Å². The molecule has 0 aliphatic carbocycles. The van der Waals surface area contributed by atoms with Gasteiger partial charge in [-0.05, 0) is 30.0 Å². The van der Waals surface area contributed by atoms with Crippen LogP contribution in [0.2, 0.25) is 0 Å². The number of aryl methyl sites for hydroxylation is 3. The van der Waals surface area contributed by atoms with Crippen molar-refractivity contribution in [2.45, 2.75) is 33.8 Å². The number of hydrogen-bond donors (Lipinski definition) is 0. The van der Waals surface area contributed by atoms with E-state index in [1.807, 2.05) is 30.3 Å². The molecule has 0 saturated heterocycles. The topological polar surface area (TPSA) is 87.1 Å². The molecule has 2 aromatic heterocycles. The zero-order chi connectivity index (χ0) is 20.2. The maximum atomic E-state index is 5.92. The van der Waals surface area contributed by atoms with Gasteiger partial charge in [0.15, 0.2) is 0 Å². The highest BCUT2D eigenvalue weighted by atomic mass is 16.5. The lowest BCUT2D eigenvalue weighted by atomic mass is 10.0. The van der Waals surface area contributed by atoms with Crippen LogP contribution in [0.25, 0.3) is 22.8 Å². The lowest BCUT2D eigenvalue weighted by Crippen LogP contribution is -2.01. The first-order valence-corrected chi connectivity index (χ1v) is 9.46. The maximum absolute atomic E-state index is 5.92. The monoisotopic (exact) mass is 390 g/mol. The van der Waals surface area contributed by atoms with Crippen LogP contribution in [-0.4, -0.2) is 26.9 Å². The summed E-state index contributed by atoms with van der Waals surface area (Å²) in [6, 6.07) is 14.2. The Balaban J connectivity index is 1.36. The van der Waals surface area contributed by atoms with Crippen LogP contribution in [0, 0.1) is 20.8 Å². The second-order valence-electron chi connectivity index (χ2n) is 6.88. The zero-order valence-electron chi connectivity index (χ0n) is 16.7. The summed E-state index contributed by atoms with van der Waals surface area (Å²) in [7, 11) is 0. The molecule has 29 heavy (non-hydrogen) atoms. The highest BCUT2D eigenvalue weighted by Gasteiger charge is 2.11. The molecule has 0 bridgehead atoms. The molecule has 148 valence electrons. The molecule has 0 atom stereocenters. The first kappa shape index (κ1) is 19.0. The Hall–Kier alpha value is -3.32. The van der Waals surface area contributed by atoms with E-state index in [0.717, 1.165) is 28.7 Å². The van der Waals surface area contributed by atoms with Crippen LogP contribution in [0.15, 0.2) is 51.5 Å². The van der Waals surface area contributed by atoms with E-state index in [4.69, 9.17) is 13.8 Å². The van der Waals surface area contributed by atoms with Gasteiger partial charge in [-0.2, -0.15) is 9.97 Å². The number of aromatic nitrogens is 4. The summed E-state index contributed by atoms with van der Waals surface area (Å²) in [5.74, 6) is 2.32. The quantitative estimate of drug-likeness (QED) is 0.430. The van der Waals surface area contributed by atoms with Gasteiger partial charge in [-0.25, -0.2) is 0 Å². The van der Waals surface area contributed by atoms with Gasteiger partial charge in [0.25, 0.3) is 0 Å². The Labute approximate surface area is 168 Å². The van der Waals surface area contributed by atoms with Crippen LogP contribution in [0.4, 0.5) is 0 Å². The molecule has 0 unspecified atom stereocenters. The van der Waals surface area contributed by atoms with Crippen molar-refractivity contribution in [1.82, 2.24) is 20.3 Å². The van der Waals surface area contributed by atoms with E-state index in [-0.39, 0.29) is 0 Å². The molecule has 0 fully saturated rings. The summed E-state index contributed by atoms with van der Waals surface area (Å²) in [5, 5.41) is 8.00. The van der Waals surface area contributed by atoms with Crippen LogP contribution in [-0.2, 0) is 17.8 Å². The van der Waals surface area contributed by atoms with Gasteiger partial charge in [0.1, 0.15) is 0 Å². The van der Waals surface area contributed by atoms with Crippen molar-refractivity contribution in [3.8, 4) is 22.8 Å². The second-order valence-corrected chi connectivity index (χ2v) is 6.88. The third-order valence-corrected chi connectivity index (χ3v) is 4.64. The summed E-state index contributed by atoms with van der Waals surface area (Å²) in [6.07, 6.45) is 0.815. The van der Waals surface area contributed by atoms with E-state index < -0.39 is 0 Å². The lowest BCUT2D eigenvalue weighted by molar-refractivity contribution is 0.124. The van der Waals surface area contributed by atoms with E-state index in [1.165, 1.54) is 5.56 Å². The van der Waals surface area contributed by atoms with Crippen molar-refractivity contribution >= 4 is 0 Å². The molecular formula is C22H22N4O3. The number of ether oxygens (including phenoxy) is 1. The Morgan fingerprint density at radius 1 is 0.828 bits per heavy atom. The van der Waals surface area contributed by atoms with Crippen LogP contribution < -0.4 is 0 Å². The first-order valence-electron chi connectivity index (χ1n) is 9.46. The van der Waals surface area contributed by atoms with Crippen molar-refractivity contribution < 1.29 is 13.8 Å². The zero-order valence-corrected chi connectivity index (χ0v) is 16.7. The Bertz CT molecular complexity index is 1120. The van der Waals surface area contributed by atoms with E-state index >= 15 is 0 Å². The summed E-state index contributed by atoms with van der Waals surface area (Å²) in [5.41, 5.74) is 5.26. The van der Waals surface area contributed by atoms with Crippen LogP contribution in [0.3, 0.4) is 0 Å². The molecule has 4 rings (SSSR count). The predicted octanol–water partition coefficient (Wildman–Crippen LogP) is 4.47. The standard InChI is InChI=1S/C22H22N4O3/c1-14-12-17(8-9-19(14)21-23-15(2)28-25-21)10-11-27-13-18-6-4-5-7-20(18)22-24-16(3)29-26-22/h4-9,12H,10-11,13H2,1-3H3. The third kappa shape index (κ3) is 4.41. The summed E-state index contributed by atoms with van der Waals surface area (Å²) < 4.78 is 16.1. The number of nitrogens with zero attached hydrogens (tertiary/aromatic N) is 4. The molecule has 0 radical (unpaired) electrons. The van der Waals surface area contributed by atoms with Crippen LogP contribution in [0.5, 0.6) is 0 Å². The van der Waals surface area contributed by atoms with Gasteiger partial charge >= 0.3 is 0 Å². The summed E-state index contributed by atoms with van der Waals surface area (Å²) in [6.45, 7) is 6.72. The summed E-state index contributed by atoms with van der Waals surface area (Å²) in [4.78, 5) is 8.61. The SMILES string of the molecule is Cc1nc(-c2ccc(CCOCc3ccccc3-c3noc(C)n3)cc2C)no1. The van der Waals surface area contributed by atoms with Gasteiger partial charge < -0.3 is 13.8 Å². The Kier molecular flexibility index (Phi) is 5.48. The smallest absolute Gasteiger partial charge is 0.223 e. The molecule has 0 aliphatic rings. The molecule has 7 heteroatoms. The predicted molar refractivity (Wildman–Crippen MR) is 107 cm³/mol. The molecule has 0 aliphatic heterocycles. The molecule has 0 saturated carbocycles. The summed E-state index contributed by atoms with van der Waals surface area (Å²) >= 11 is 0. The molecule has 7 nitrogen and oxygen atoms in total. The molecular weight excluding hydrogens is 368 g/mol. The van der Waals surface area contributed by atoms with Crippen molar-refractivity contribution in [1.29, 1.82) is 0 Å².